The molecule has 4 aromatic rings. The number of hydrogen-bond donors (Lipinski definition) is 0. The molecule has 1 nitrogen and oxygen atoms in total. The van der Waals surface area contributed by atoms with Crippen molar-refractivity contribution < 1.29 is 4.98 Å². The van der Waals surface area contributed by atoms with E-state index in [1.54, 1.807) is 0 Å². The van der Waals surface area contributed by atoms with Crippen molar-refractivity contribution in [2.24, 2.45) is 0 Å². The van der Waals surface area contributed by atoms with Gasteiger partial charge in [0.05, 0.1) is 5.39 Å². The van der Waals surface area contributed by atoms with E-state index in [0.717, 1.165) is 0 Å². The molecule has 0 saturated heterocycles. The number of benzene rings is 3. The molecule has 0 aliphatic rings. The highest BCUT2D eigenvalue weighted by atomic mass is 14.7. The number of hydrogen-bond acceptors (Lipinski definition) is 0. The first kappa shape index (κ1) is 14.0. The molecule has 0 saturated carbocycles. The lowest BCUT2D eigenvalue weighted by Crippen LogP contribution is -2.06. The smallest absolute Gasteiger partial charge is 0.211 e. The van der Waals surface area contributed by atoms with E-state index >= 15 is 0 Å². The summed E-state index contributed by atoms with van der Waals surface area (Å²) in [6.45, 7) is 6.50. The summed E-state index contributed by atoms with van der Waals surface area (Å²) in [7, 11) is 0. The third kappa shape index (κ3) is 2.29. The Labute approximate surface area is 136 Å². The van der Waals surface area contributed by atoms with Crippen LogP contribution in [0.4, 0.5) is 0 Å². The van der Waals surface area contributed by atoms with Crippen LogP contribution < -0.4 is 4.98 Å². The van der Waals surface area contributed by atoms with Crippen molar-refractivity contribution >= 4 is 21.5 Å². The van der Waals surface area contributed by atoms with Gasteiger partial charge in [0.15, 0.2) is 6.20 Å². The molecule has 0 bridgehead atoms. The number of aryl methyl sites for hydroxylation is 3. The average Bonchev–Trinajstić information content (AvgIpc) is 2.53. The van der Waals surface area contributed by atoms with E-state index in [-0.39, 0.29) is 0 Å². The number of fused-ring (bicyclic) bond motifs is 3. The Kier molecular flexibility index (Phi) is 3.16. The molecule has 1 N–H and O–H groups in total. The van der Waals surface area contributed by atoms with Crippen molar-refractivity contribution in [3.05, 3.63) is 77.5 Å². The monoisotopic (exact) mass is 298 g/mol. The van der Waals surface area contributed by atoms with Crippen molar-refractivity contribution in [3.63, 3.8) is 0 Å². The summed E-state index contributed by atoms with van der Waals surface area (Å²) in [4.78, 5) is 3.47. The van der Waals surface area contributed by atoms with Gasteiger partial charge in [-0.2, -0.15) is 0 Å². The molecule has 1 aromatic heterocycles. The van der Waals surface area contributed by atoms with E-state index in [9.17, 15) is 0 Å². The number of aromatic nitrogens is 1. The van der Waals surface area contributed by atoms with Gasteiger partial charge in [-0.05, 0) is 55.3 Å². The van der Waals surface area contributed by atoms with Crippen LogP contribution in [0.15, 0.2) is 60.8 Å². The fourth-order valence-electron chi connectivity index (χ4n) is 3.63. The highest BCUT2D eigenvalue weighted by Crippen LogP contribution is 2.32. The molecule has 0 fully saturated rings. The normalized spacial score (nSPS) is 11.3. The Hall–Kier alpha value is -2.67. The molecule has 0 aliphatic heterocycles. The maximum Gasteiger partial charge on any atom is 0.218 e. The Morgan fingerprint density at radius 2 is 1.52 bits per heavy atom. The highest BCUT2D eigenvalue weighted by molar-refractivity contribution is 6.11. The van der Waals surface area contributed by atoms with Gasteiger partial charge in [0.1, 0.15) is 0 Å². The summed E-state index contributed by atoms with van der Waals surface area (Å²) in [6.07, 6.45) is 2.06. The largest absolute Gasteiger partial charge is 0.218 e. The zero-order valence-corrected chi connectivity index (χ0v) is 13.8. The number of rotatable bonds is 1. The third-order valence-corrected chi connectivity index (χ3v) is 4.55. The minimum Gasteiger partial charge on any atom is -0.211 e. The van der Waals surface area contributed by atoms with E-state index in [1.807, 2.05) is 0 Å². The highest BCUT2D eigenvalue weighted by Gasteiger charge is 2.14. The second kappa shape index (κ2) is 5.20. The zero-order valence-electron chi connectivity index (χ0n) is 13.8. The van der Waals surface area contributed by atoms with Crippen molar-refractivity contribution in [1.29, 1.82) is 0 Å². The molecule has 3 aromatic carbocycles. The van der Waals surface area contributed by atoms with E-state index in [4.69, 9.17) is 0 Å². The second-order valence-electron chi connectivity index (χ2n) is 6.43. The molecule has 0 amide bonds. The van der Waals surface area contributed by atoms with E-state index in [0.29, 0.717) is 0 Å². The summed E-state index contributed by atoms with van der Waals surface area (Å²) in [5.74, 6) is 0. The van der Waals surface area contributed by atoms with Gasteiger partial charge in [-0.15, -0.1) is 0 Å². The molecule has 0 unspecified atom stereocenters. The first-order valence-corrected chi connectivity index (χ1v) is 8.05. The summed E-state index contributed by atoms with van der Waals surface area (Å²) < 4.78 is 0. The minimum absolute atomic E-state index is 1.19. The maximum atomic E-state index is 3.47. The molecule has 112 valence electrons. The summed E-state index contributed by atoms with van der Waals surface area (Å²) >= 11 is 0. The van der Waals surface area contributed by atoms with E-state index < -0.39 is 0 Å². The van der Waals surface area contributed by atoms with Gasteiger partial charge in [0.2, 0.25) is 5.69 Å². The fourth-order valence-corrected chi connectivity index (χ4v) is 3.63. The summed E-state index contributed by atoms with van der Waals surface area (Å²) in [6, 6.07) is 19.9. The van der Waals surface area contributed by atoms with Gasteiger partial charge in [0, 0.05) is 17.0 Å². The standard InChI is InChI=1S/C22H19N/c1-14-11-15(2)13-18(12-14)22-20-8-7-17-6-4-5-16(3)21(17)19(20)9-10-23-22/h4-13H,1-3H3/p+1. The molecule has 1 heteroatoms. The topological polar surface area (TPSA) is 14.1 Å². The van der Waals surface area contributed by atoms with Crippen molar-refractivity contribution in [2.45, 2.75) is 20.8 Å². The summed E-state index contributed by atoms with van der Waals surface area (Å²) in [5.41, 5.74) is 6.36. The van der Waals surface area contributed by atoms with Crippen LogP contribution in [0.25, 0.3) is 32.8 Å². The predicted molar refractivity (Wildman–Crippen MR) is 97.7 cm³/mol. The third-order valence-electron chi connectivity index (χ3n) is 4.55. The lowest BCUT2D eigenvalue weighted by Gasteiger charge is -2.08. The van der Waals surface area contributed by atoms with Crippen LogP contribution in [-0.4, -0.2) is 0 Å². The number of nitrogens with one attached hydrogen (secondary N) is 1. The average molecular weight is 298 g/mol. The molecule has 0 radical (unpaired) electrons. The lowest BCUT2D eigenvalue weighted by molar-refractivity contribution is -0.362. The van der Waals surface area contributed by atoms with Crippen LogP contribution in [-0.2, 0) is 0 Å². The zero-order chi connectivity index (χ0) is 16.0. The fraction of sp³-hybridized carbons (Fsp3) is 0.136. The van der Waals surface area contributed by atoms with Gasteiger partial charge in [0.25, 0.3) is 0 Å². The van der Waals surface area contributed by atoms with E-state index in [1.165, 1.54) is 49.5 Å². The molecule has 4 rings (SSSR count). The molecule has 23 heavy (non-hydrogen) atoms. The molecular weight excluding hydrogens is 278 g/mol. The molecular formula is C22H20N+. The lowest BCUT2D eigenvalue weighted by atomic mass is 9.95. The second-order valence-corrected chi connectivity index (χ2v) is 6.43. The Bertz CT molecular complexity index is 1020. The van der Waals surface area contributed by atoms with Gasteiger partial charge in [-0.25, -0.2) is 4.98 Å². The maximum absolute atomic E-state index is 3.47. The van der Waals surface area contributed by atoms with Crippen LogP contribution in [0.3, 0.4) is 0 Å². The van der Waals surface area contributed by atoms with E-state index in [2.05, 4.69) is 86.5 Å². The predicted octanol–water partition coefficient (Wildman–Crippen LogP) is 5.40. The van der Waals surface area contributed by atoms with Gasteiger partial charge in [-0.1, -0.05) is 41.5 Å². The van der Waals surface area contributed by atoms with Crippen LogP contribution in [0.1, 0.15) is 16.7 Å². The number of H-pyrrole nitrogens is 1. The van der Waals surface area contributed by atoms with Crippen LogP contribution in [0, 0.1) is 20.8 Å². The molecule has 0 aliphatic carbocycles. The SMILES string of the molecule is Cc1cc(C)cc(-c2[nH+]ccc3c2ccc2cccc(C)c23)c1. The van der Waals surface area contributed by atoms with Crippen molar-refractivity contribution in [2.75, 3.05) is 0 Å². The van der Waals surface area contributed by atoms with Crippen LogP contribution >= 0.6 is 0 Å². The van der Waals surface area contributed by atoms with Crippen LogP contribution in [0.2, 0.25) is 0 Å². The molecule has 0 atom stereocenters. The number of pyridine rings is 1. The number of aromatic amines is 1. The Morgan fingerprint density at radius 3 is 2.30 bits per heavy atom. The Morgan fingerprint density at radius 1 is 0.739 bits per heavy atom. The van der Waals surface area contributed by atoms with Crippen molar-refractivity contribution in [3.8, 4) is 11.3 Å². The Balaban J connectivity index is 2.11. The first-order chi connectivity index (χ1) is 11.1. The van der Waals surface area contributed by atoms with Gasteiger partial charge >= 0.3 is 0 Å². The molecule has 1 heterocycles. The quantitative estimate of drug-likeness (QED) is 0.418. The van der Waals surface area contributed by atoms with Gasteiger partial charge in [-0.3, -0.25) is 0 Å². The van der Waals surface area contributed by atoms with Crippen molar-refractivity contribution in [1.82, 2.24) is 0 Å². The minimum atomic E-state index is 1.19. The van der Waals surface area contributed by atoms with Crippen LogP contribution in [0.5, 0.6) is 0 Å². The first-order valence-electron chi connectivity index (χ1n) is 8.05. The molecule has 0 spiro atoms. The van der Waals surface area contributed by atoms with Gasteiger partial charge < -0.3 is 0 Å². The summed E-state index contributed by atoms with van der Waals surface area (Å²) in [5, 5.41) is 5.24.